The van der Waals surface area contributed by atoms with Crippen LogP contribution in [0.1, 0.15) is 47.9 Å². The molecule has 0 radical (unpaired) electrons. The van der Waals surface area contributed by atoms with E-state index in [-0.39, 0.29) is 52.1 Å². The Morgan fingerprint density at radius 1 is 0.415 bits per heavy atom. The molecule has 0 bridgehead atoms. The van der Waals surface area contributed by atoms with Gasteiger partial charge in [-0.1, -0.05) is 121 Å². The molecule has 0 aliphatic rings. The Balaban J connectivity index is 1.39. The maximum atomic E-state index is 13.4. The topological polar surface area (TPSA) is 173 Å². The minimum atomic E-state index is -1.53. The number of hydrogen-bond acceptors (Lipinski definition) is 11. The number of esters is 4. The van der Waals surface area contributed by atoms with Gasteiger partial charge in [0.05, 0.1) is 0 Å². The number of rotatable bonds is 18. The second kappa shape index (κ2) is 21.7. The second-order valence-electron chi connectivity index (χ2n) is 11.6. The van der Waals surface area contributed by atoms with Crippen molar-refractivity contribution in [2.24, 2.45) is 0 Å². The Morgan fingerprint density at radius 2 is 0.698 bits per heavy atom. The lowest BCUT2D eigenvalue weighted by Crippen LogP contribution is -2.47. The first-order valence-corrected chi connectivity index (χ1v) is 16.8. The van der Waals surface area contributed by atoms with Gasteiger partial charge in [0.25, 0.3) is 0 Å². The molecule has 2 atom stereocenters. The van der Waals surface area contributed by atoms with Crippen LogP contribution in [-0.2, 0) is 69.3 Å². The second-order valence-corrected chi connectivity index (χ2v) is 11.6. The third kappa shape index (κ3) is 15.1. The molecule has 276 valence electrons. The molecule has 2 amide bonds. The smallest absolute Gasteiger partial charge is 0.408 e. The Bertz CT molecular complexity index is 1640. The van der Waals surface area contributed by atoms with Crippen LogP contribution >= 0.6 is 0 Å². The molecule has 0 unspecified atom stereocenters. The molecule has 0 spiro atoms. The zero-order valence-corrected chi connectivity index (χ0v) is 28.8. The first-order chi connectivity index (χ1) is 25.7. The molecule has 0 aromatic heterocycles. The van der Waals surface area contributed by atoms with E-state index in [1.54, 1.807) is 109 Å². The molecule has 13 heteroatoms. The molecule has 0 aliphatic heterocycles. The third-order valence-electron chi connectivity index (χ3n) is 7.54. The lowest BCUT2D eigenvalue weighted by Gasteiger charge is -2.20. The maximum absolute atomic E-state index is 13.4. The number of amides is 2. The summed E-state index contributed by atoms with van der Waals surface area (Å²) in [7, 11) is 0. The number of carbonyl (C=O) groups is 6. The molecule has 0 saturated carbocycles. The first-order valence-electron chi connectivity index (χ1n) is 16.8. The number of benzene rings is 4. The van der Waals surface area contributed by atoms with Gasteiger partial charge in [0.1, 0.15) is 38.5 Å². The fourth-order valence-corrected chi connectivity index (χ4v) is 4.70. The molecular formula is C40H40N2O11. The van der Waals surface area contributed by atoms with E-state index in [9.17, 15) is 28.8 Å². The van der Waals surface area contributed by atoms with Gasteiger partial charge in [0.2, 0.25) is 0 Å². The van der Waals surface area contributed by atoms with Crippen molar-refractivity contribution in [3.63, 3.8) is 0 Å². The largest absolute Gasteiger partial charge is 0.461 e. The first kappa shape index (κ1) is 39.3. The normalized spacial score (nSPS) is 11.5. The molecule has 0 heterocycles. The Hall–Kier alpha value is -6.50. The highest BCUT2D eigenvalue weighted by atomic mass is 16.6. The lowest BCUT2D eigenvalue weighted by molar-refractivity contribution is -0.163. The highest BCUT2D eigenvalue weighted by Gasteiger charge is 2.31. The van der Waals surface area contributed by atoms with Gasteiger partial charge in [-0.05, 0) is 35.1 Å². The summed E-state index contributed by atoms with van der Waals surface area (Å²) in [5.41, 5.74) is 2.85. The molecule has 0 saturated heterocycles. The van der Waals surface area contributed by atoms with Crippen molar-refractivity contribution in [3.8, 4) is 0 Å². The van der Waals surface area contributed by atoms with E-state index in [1.165, 1.54) is 0 Å². The summed E-state index contributed by atoms with van der Waals surface area (Å²) in [4.78, 5) is 77.3. The standard InChI is InChI=1S/C40H40N2O11/c43-35(49-25-29-13-5-1-6-14-29)23-21-33(41-39(47)51-27-31-17-9-3-10-18-31)37(45)53-38(46)34(42-40(48)52-28-32-19-11-4-12-20-32)22-24-36(44)50-26-30-15-7-2-8-16-30/h1-20,33-34H,21-28H2,(H,41,47)(H,42,48)/t33-,34-/m0/s1. The lowest BCUT2D eigenvalue weighted by atomic mass is 10.1. The van der Waals surface area contributed by atoms with Gasteiger partial charge in [-0.3, -0.25) is 9.59 Å². The monoisotopic (exact) mass is 724 g/mol. The van der Waals surface area contributed by atoms with E-state index >= 15 is 0 Å². The molecule has 13 nitrogen and oxygen atoms in total. The zero-order valence-electron chi connectivity index (χ0n) is 28.8. The van der Waals surface area contributed by atoms with E-state index in [2.05, 4.69) is 10.6 Å². The summed E-state index contributed by atoms with van der Waals surface area (Å²) in [5.74, 6) is -3.82. The zero-order chi connectivity index (χ0) is 37.7. The quantitative estimate of drug-likeness (QED) is 0.0733. The summed E-state index contributed by atoms with van der Waals surface area (Å²) in [6.45, 7) is -0.267. The number of alkyl carbamates (subject to hydrolysis) is 2. The van der Waals surface area contributed by atoms with Crippen molar-refractivity contribution in [2.45, 2.75) is 64.2 Å². The van der Waals surface area contributed by atoms with E-state index in [0.29, 0.717) is 11.1 Å². The van der Waals surface area contributed by atoms with Crippen LogP contribution in [0, 0.1) is 0 Å². The van der Waals surface area contributed by atoms with E-state index in [4.69, 9.17) is 23.7 Å². The Kier molecular flexibility index (Phi) is 16.1. The molecule has 53 heavy (non-hydrogen) atoms. The van der Waals surface area contributed by atoms with Crippen molar-refractivity contribution in [1.82, 2.24) is 10.6 Å². The van der Waals surface area contributed by atoms with Crippen LogP contribution in [0.5, 0.6) is 0 Å². The molecule has 4 aromatic rings. The molecular weight excluding hydrogens is 684 g/mol. The third-order valence-corrected chi connectivity index (χ3v) is 7.54. The SMILES string of the molecule is O=C(CC[C@H](NC(=O)OCc1ccccc1)C(=O)OC(=O)[C@H](CCC(=O)OCc1ccccc1)NC(=O)OCc1ccccc1)OCc1ccccc1. The van der Waals surface area contributed by atoms with Crippen LogP contribution in [0.25, 0.3) is 0 Å². The van der Waals surface area contributed by atoms with Crippen molar-refractivity contribution in [2.75, 3.05) is 0 Å². The summed E-state index contributed by atoms with van der Waals surface area (Å²) in [6.07, 6.45) is -3.32. The van der Waals surface area contributed by atoms with Crippen LogP contribution in [-0.4, -0.2) is 48.1 Å². The number of hydrogen-bond donors (Lipinski definition) is 2. The predicted octanol–water partition coefficient (Wildman–Crippen LogP) is 5.69. The van der Waals surface area contributed by atoms with Crippen molar-refractivity contribution >= 4 is 36.1 Å². The fraction of sp³-hybridized carbons (Fsp3) is 0.250. The number of carbonyl (C=O) groups excluding carboxylic acids is 6. The molecule has 0 aliphatic carbocycles. The summed E-state index contributed by atoms with van der Waals surface area (Å²) < 4.78 is 26.1. The van der Waals surface area contributed by atoms with Crippen molar-refractivity contribution in [3.05, 3.63) is 144 Å². The van der Waals surface area contributed by atoms with Crippen LogP contribution in [0.4, 0.5) is 9.59 Å². The van der Waals surface area contributed by atoms with Gasteiger partial charge >= 0.3 is 36.1 Å². The molecule has 4 rings (SSSR count). The van der Waals surface area contributed by atoms with Crippen LogP contribution < -0.4 is 10.6 Å². The van der Waals surface area contributed by atoms with E-state index in [0.717, 1.165) is 11.1 Å². The fourth-order valence-electron chi connectivity index (χ4n) is 4.70. The van der Waals surface area contributed by atoms with Crippen LogP contribution in [0.15, 0.2) is 121 Å². The minimum absolute atomic E-state index is 0.0126. The highest BCUT2D eigenvalue weighted by molar-refractivity contribution is 5.94. The molecule has 4 aromatic carbocycles. The van der Waals surface area contributed by atoms with Gasteiger partial charge in [-0.15, -0.1) is 0 Å². The number of ether oxygens (including phenoxy) is 5. The summed E-state index contributed by atoms with van der Waals surface area (Å²) in [6, 6.07) is 32.4. The highest BCUT2D eigenvalue weighted by Crippen LogP contribution is 2.11. The van der Waals surface area contributed by atoms with Gasteiger partial charge in [0.15, 0.2) is 0 Å². The summed E-state index contributed by atoms with van der Waals surface area (Å²) in [5, 5.41) is 4.68. The average Bonchev–Trinajstić information content (AvgIpc) is 3.19. The van der Waals surface area contributed by atoms with Gasteiger partial charge < -0.3 is 34.3 Å². The molecule has 0 fully saturated rings. The Labute approximate surface area is 306 Å². The van der Waals surface area contributed by atoms with E-state index in [1.807, 2.05) is 12.1 Å². The maximum Gasteiger partial charge on any atom is 0.408 e. The van der Waals surface area contributed by atoms with Crippen LogP contribution in [0.2, 0.25) is 0 Å². The molecule has 2 N–H and O–H groups in total. The van der Waals surface area contributed by atoms with Gasteiger partial charge in [-0.2, -0.15) is 0 Å². The van der Waals surface area contributed by atoms with Gasteiger partial charge in [0, 0.05) is 12.8 Å². The van der Waals surface area contributed by atoms with Crippen LogP contribution in [0.3, 0.4) is 0 Å². The number of nitrogens with one attached hydrogen (secondary N) is 2. The minimum Gasteiger partial charge on any atom is -0.461 e. The average molecular weight is 725 g/mol. The van der Waals surface area contributed by atoms with Crippen molar-refractivity contribution in [1.29, 1.82) is 0 Å². The Morgan fingerprint density at radius 3 is 1.00 bits per heavy atom. The summed E-state index contributed by atoms with van der Waals surface area (Å²) >= 11 is 0. The predicted molar refractivity (Wildman–Crippen MR) is 189 cm³/mol. The van der Waals surface area contributed by atoms with E-state index < -0.39 is 48.1 Å². The van der Waals surface area contributed by atoms with Gasteiger partial charge in [-0.25, -0.2) is 19.2 Å². The van der Waals surface area contributed by atoms with Crippen molar-refractivity contribution < 1.29 is 52.5 Å².